The summed E-state index contributed by atoms with van der Waals surface area (Å²) in [4.78, 5) is 11.8. The van der Waals surface area contributed by atoms with E-state index < -0.39 is 6.10 Å². The first-order chi connectivity index (χ1) is 8.54. The number of carbonyl (C=O) groups is 1. The van der Waals surface area contributed by atoms with Gasteiger partial charge in [0.1, 0.15) is 5.75 Å². The van der Waals surface area contributed by atoms with Crippen LogP contribution in [0, 0.1) is 5.92 Å². The minimum atomic E-state index is -0.517. The normalized spacial score (nSPS) is 12.3. The second-order valence-corrected chi connectivity index (χ2v) is 4.48. The molecule has 2 N–H and O–H groups in total. The van der Waals surface area contributed by atoms with Crippen molar-refractivity contribution in [2.24, 2.45) is 5.92 Å². The molecule has 1 amide bonds. The maximum Gasteiger partial charge on any atom is 0.251 e. The fraction of sp³-hybridized carbons (Fsp3) is 0.500. The Morgan fingerprint density at radius 2 is 1.94 bits per heavy atom. The van der Waals surface area contributed by atoms with Gasteiger partial charge in [0, 0.05) is 12.1 Å². The predicted molar refractivity (Wildman–Crippen MR) is 70.8 cm³/mol. The number of hydrogen-bond donors (Lipinski definition) is 2. The van der Waals surface area contributed by atoms with E-state index in [4.69, 9.17) is 4.74 Å². The van der Waals surface area contributed by atoms with Crippen LogP contribution in [0.2, 0.25) is 0 Å². The van der Waals surface area contributed by atoms with Gasteiger partial charge >= 0.3 is 0 Å². The smallest absolute Gasteiger partial charge is 0.251 e. The Morgan fingerprint density at radius 3 is 2.44 bits per heavy atom. The van der Waals surface area contributed by atoms with Gasteiger partial charge in [0.2, 0.25) is 0 Å². The van der Waals surface area contributed by atoms with Gasteiger partial charge in [0.25, 0.3) is 5.91 Å². The molecule has 0 spiro atoms. The van der Waals surface area contributed by atoms with Gasteiger partial charge in [-0.25, -0.2) is 0 Å². The van der Waals surface area contributed by atoms with E-state index in [1.54, 1.807) is 24.3 Å². The van der Waals surface area contributed by atoms with Gasteiger partial charge in [-0.05, 0) is 37.1 Å². The molecule has 4 heteroatoms. The van der Waals surface area contributed by atoms with E-state index in [0.29, 0.717) is 12.2 Å². The van der Waals surface area contributed by atoms with Crippen molar-refractivity contribution < 1.29 is 14.6 Å². The van der Waals surface area contributed by atoms with Crippen LogP contribution in [0.4, 0.5) is 0 Å². The Balaban J connectivity index is 2.51. The summed E-state index contributed by atoms with van der Waals surface area (Å²) in [6.45, 7) is 6.60. The van der Waals surface area contributed by atoms with E-state index in [1.807, 2.05) is 20.8 Å². The monoisotopic (exact) mass is 251 g/mol. The Hall–Kier alpha value is -1.55. The van der Waals surface area contributed by atoms with E-state index in [1.165, 1.54) is 0 Å². The Labute approximate surface area is 108 Å². The van der Waals surface area contributed by atoms with Crippen LogP contribution in [0.1, 0.15) is 31.1 Å². The Bertz CT molecular complexity index is 373. The molecular weight excluding hydrogens is 230 g/mol. The average molecular weight is 251 g/mol. The summed E-state index contributed by atoms with van der Waals surface area (Å²) >= 11 is 0. The topological polar surface area (TPSA) is 58.6 Å². The third-order valence-electron chi connectivity index (χ3n) is 2.67. The molecule has 0 aromatic heterocycles. The average Bonchev–Trinajstić information content (AvgIpc) is 2.36. The molecule has 0 bridgehead atoms. The summed E-state index contributed by atoms with van der Waals surface area (Å²) in [7, 11) is 0. The second kappa shape index (κ2) is 7.01. The molecule has 100 valence electrons. The van der Waals surface area contributed by atoms with Crippen LogP contribution in [0.15, 0.2) is 24.3 Å². The molecule has 0 saturated carbocycles. The van der Waals surface area contributed by atoms with Crippen molar-refractivity contribution in [2.45, 2.75) is 26.9 Å². The van der Waals surface area contributed by atoms with Gasteiger partial charge < -0.3 is 15.2 Å². The number of aliphatic hydroxyl groups excluding tert-OH is 1. The molecule has 0 aliphatic heterocycles. The molecule has 1 atom stereocenters. The zero-order valence-electron chi connectivity index (χ0n) is 11.1. The van der Waals surface area contributed by atoms with E-state index >= 15 is 0 Å². The van der Waals surface area contributed by atoms with Crippen LogP contribution in [-0.2, 0) is 0 Å². The summed E-state index contributed by atoms with van der Waals surface area (Å²) < 4.78 is 5.30. The summed E-state index contributed by atoms with van der Waals surface area (Å²) in [5.41, 5.74) is 0.564. The standard InChI is InChI=1S/C14H21NO3/c1-4-18-12-7-5-11(6-8-12)14(17)15-9-13(16)10(2)3/h5-8,10,13,16H,4,9H2,1-3H3,(H,15,17). The first-order valence-electron chi connectivity index (χ1n) is 6.23. The van der Waals surface area contributed by atoms with Crippen molar-refractivity contribution in [1.29, 1.82) is 0 Å². The maximum absolute atomic E-state index is 11.8. The fourth-order valence-electron chi connectivity index (χ4n) is 1.40. The van der Waals surface area contributed by atoms with Crippen LogP contribution in [-0.4, -0.2) is 30.3 Å². The maximum atomic E-state index is 11.8. The summed E-state index contributed by atoms with van der Waals surface area (Å²) in [5, 5.41) is 12.3. The van der Waals surface area contributed by atoms with Gasteiger partial charge in [-0.15, -0.1) is 0 Å². The third-order valence-corrected chi connectivity index (χ3v) is 2.67. The lowest BCUT2D eigenvalue weighted by atomic mass is 10.1. The van der Waals surface area contributed by atoms with Crippen molar-refractivity contribution in [3.63, 3.8) is 0 Å². The van der Waals surface area contributed by atoms with E-state index in [2.05, 4.69) is 5.32 Å². The molecule has 0 fully saturated rings. The molecule has 0 aliphatic carbocycles. The van der Waals surface area contributed by atoms with Crippen LogP contribution < -0.4 is 10.1 Å². The minimum Gasteiger partial charge on any atom is -0.494 e. The molecule has 1 rings (SSSR count). The zero-order chi connectivity index (χ0) is 13.5. The van der Waals surface area contributed by atoms with Gasteiger partial charge in [-0.2, -0.15) is 0 Å². The lowest BCUT2D eigenvalue weighted by molar-refractivity contribution is 0.0871. The summed E-state index contributed by atoms with van der Waals surface area (Å²) in [5.74, 6) is 0.694. The van der Waals surface area contributed by atoms with Gasteiger partial charge in [-0.3, -0.25) is 4.79 Å². The lowest BCUT2D eigenvalue weighted by Gasteiger charge is -2.15. The first-order valence-corrected chi connectivity index (χ1v) is 6.23. The van der Waals surface area contributed by atoms with Crippen molar-refractivity contribution >= 4 is 5.91 Å². The molecule has 0 aliphatic rings. The Morgan fingerprint density at radius 1 is 1.33 bits per heavy atom. The highest BCUT2D eigenvalue weighted by atomic mass is 16.5. The number of carbonyl (C=O) groups excluding carboxylic acids is 1. The highest BCUT2D eigenvalue weighted by Crippen LogP contribution is 2.12. The number of ether oxygens (including phenoxy) is 1. The largest absolute Gasteiger partial charge is 0.494 e. The zero-order valence-corrected chi connectivity index (χ0v) is 11.1. The molecule has 0 saturated heterocycles. The second-order valence-electron chi connectivity index (χ2n) is 4.48. The van der Waals surface area contributed by atoms with Crippen molar-refractivity contribution in [1.82, 2.24) is 5.32 Å². The molecular formula is C14H21NO3. The first kappa shape index (κ1) is 14.5. The highest BCUT2D eigenvalue weighted by Gasteiger charge is 2.11. The van der Waals surface area contributed by atoms with Crippen LogP contribution >= 0.6 is 0 Å². The number of amides is 1. The molecule has 1 aromatic carbocycles. The van der Waals surface area contributed by atoms with E-state index in [-0.39, 0.29) is 18.4 Å². The number of benzene rings is 1. The summed E-state index contributed by atoms with van der Waals surface area (Å²) in [6.07, 6.45) is -0.517. The number of aliphatic hydroxyl groups is 1. The predicted octanol–water partition coefficient (Wildman–Crippen LogP) is 1.83. The van der Waals surface area contributed by atoms with Crippen LogP contribution in [0.25, 0.3) is 0 Å². The van der Waals surface area contributed by atoms with Crippen molar-refractivity contribution in [2.75, 3.05) is 13.2 Å². The lowest BCUT2D eigenvalue weighted by Crippen LogP contribution is -2.34. The van der Waals surface area contributed by atoms with Crippen molar-refractivity contribution in [3.05, 3.63) is 29.8 Å². The summed E-state index contributed by atoms with van der Waals surface area (Å²) in [6, 6.07) is 6.94. The molecule has 1 aromatic rings. The molecule has 0 radical (unpaired) electrons. The van der Waals surface area contributed by atoms with Crippen LogP contribution in [0.5, 0.6) is 5.75 Å². The van der Waals surface area contributed by atoms with E-state index in [9.17, 15) is 9.90 Å². The number of rotatable bonds is 6. The molecule has 0 heterocycles. The quantitative estimate of drug-likeness (QED) is 0.811. The SMILES string of the molecule is CCOc1ccc(C(=O)NCC(O)C(C)C)cc1. The van der Waals surface area contributed by atoms with Gasteiger partial charge in [0.15, 0.2) is 0 Å². The Kier molecular flexibility index (Phi) is 5.65. The van der Waals surface area contributed by atoms with Crippen LogP contribution in [0.3, 0.4) is 0 Å². The fourth-order valence-corrected chi connectivity index (χ4v) is 1.40. The van der Waals surface area contributed by atoms with E-state index in [0.717, 1.165) is 5.75 Å². The van der Waals surface area contributed by atoms with Gasteiger partial charge in [0.05, 0.1) is 12.7 Å². The third kappa shape index (κ3) is 4.37. The van der Waals surface area contributed by atoms with Crippen molar-refractivity contribution in [3.8, 4) is 5.75 Å². The molecule has 1 unspecified atom stereocenters. The molecule has 4 nitrogen and oxygen atoms in total. The number of hydrogen-bond acceptors (Lipinski definition) is 3. The highest BCUT2D eigenvalue weighted by molar-refractivity contribution is 5.94. The molecule has 18 heavy (non-hydrogen) atoms. The van der Waals surface area contributed by atoms with Gasteiger partial charge in [-0.1, -0.05) is 13.8 Å². The number of nitrogens with one attached hydrogen (secondary N) is 1. The minimum absolute atomic E-state index is 0.130.